The largest absolute Gasteiger partial charge is 0.470 e. The van der Waals surface area contributed by atoms with Gasteiger partial charge in [0, 0.05) is 24.7 Å². The second-order valence-electron chi connectivity index (χ2n) is 9.02. The zero-order valence-electron chi connectivity index (χ0n) is 19.6. The number of rotatable bonds is 7. The number of amides is 1. The normalized spacial score (nSPS) is 18.2. The summed E-state index contributed by atoms with van der Waals surface area (Å²) in [6.45, 7) is 3.56. The van der Waals surface area contributed by atoms with Crippen molar-refractivity contribution in [3.63, 3.8) is 0 Å². The van der Waals surface area contributed by atoms with E-state index in [0.717, 1.165) is 56.0 Å². The Morgan fingerprint density at radius 2 is 1.92 bits per heavy atom. The Morgan fingerprint density at radius 3 is 2.72 bits per heavy atom. The van der Waals surface area contributed by atoms with Gasteiger partial charge in [0.1, 0.15) is 23.9 Å². The summed E-state index contributed by atoms with van der Waals surface area (Å²) in [6.07, 6.45) is 5.99. The van der Waals surface area contributed by atoms with Crippen LogP contribution in [-0.2, 0) is 6.61 Å². The first kappa shape index (κ1) is 24.9. The van der Waals surface area contributed by atoms with Crippen LogP contribution in [-0.4, -0.2) is 57.9 Å². The molecule has 5 rings (SSSR count). The molecule has 2 N–H and O–H groups in total. The molecule has 2 aromatic heterocycles. The lowest BCUT2D eigenvalue weighted by Crippen LogP contribution is -2.42. The Hall–Kier alpha value is -2.82. The maximum absolute atomic E-state index is 14.1. The van der Waals surface area contributed by atoms with Gasteiger partial charge in [-0.15, -0.1) is 11.3 Å². The van der Waals surface area contributed by atoms with Gasteiger partial charge in [0.15, 0.2) is 5.82 Å². The van der Waals surface area contributed by atoms with E-state index in [4.69, 9.17) is 22.1 Å². The van der Waals surface area contributed by atoms with Crippen molar-refractivity contribution in [2.24, 2.45) is 0 Å². The van der Waals surface area contributed by atoms with E-state index in [2.05, 4.69) is 14.9 Å². The predicted molar refractivity (Wildman–Crippen MR) is 135 cm³/mol. The number of nitrogens with two attached hydrogens (primary N) is 1. The Morgan fingerprint density at radius 1 is 1.14 bits per heavy atom. The summed E-state index contributed by atoms with van der Waals surface area (Å²) in [7, 11) is 0. The molecular formula is C25H26ClF2N5O2S. The molecule has 1 atom stereocenters. The van der Waals surface area contributed by atoms with E-state index in [1.807, 2.05) is 11.0 Å². The first-order chi connectivity index (χ1) is 17.4. The third kappa shape index (κ3) is 5.16. The van der Waals surface area contributed by atoms with E-state index < -0.39 is 11.6 Å². The number of nitrogen functional groups attached to an aromatic ring is 1. The molecule has 0 saturated carbocycles. The monoisotopic (exact) mass is 533 g/mol. The molecule has 0 bridgehead atoms. The van der Waals surface area contributed by atoms with Crippen LogP contribution in [0.25, 0.3) is 10.6 Å². The van der Waals surface area contributed by atoms with E-state index in [0.29, 0.717) is 10.6 Å². The number of benzene rings is 1. The average molecular weight is 534 g/mol. The van der Waals surface area contributed by atoms with Crippen molar-refractivity contribution in [3.05, 3.63) is 57.6 Å². The van der Waals surface area contributed by atoms with Crippen molar-refractivity contribution in [1.82, 2.24) is 19.8 Å². The summed E-state index contributed by atoms with van der Waals surface area (Å²) < 4.78 is 33.4. The number of ether oxygens (including phenoxy) is 1. The fourth-order valence-electron chi connectivity index (χ4n) is 4.74. The van der Waals surface area contributed by atoms with Crippen LogP contribution in [0.2, 0.25) is 5.02 Å². The standard InChI is InChI=1S/C25H26ClF2N5O2S/c26-22-16(17(27)5-6-18(22)28)14-35-24-23(29)30-12-19(31-24)20-7-8-21(36-20)25(34)33-11-3-4-15(33)13-32-9-1-2-10-32/h5-8,12,15H,1-4,9-11,13-14H2,(H2,29,30)/t15-/m1/s1. The van der Waals surface area contributed by atoms with Crippen molar-refractivity contribution >= 4 is 34.7 Å². The summed E-state index contributed by atoms with van der Waals surface area (Å²) in [6, 6.07) is 5.78. The number of nitrogens with zero attached hydrogens (tertiary/aromatic N) is 4. The summed E-state index contributed by atoms with van der Waals surface area (Å²) >= 11 is 7.20. The van der Waals surface area contributed by atoms with Crippen LogP contribution in [0.4, 0.5) is 14.6 Å². The van der Waals surface area contributed by atoms with E-state index in [1.165, 1.54) is 30.4 Å². The van der Waals surface area contributed by atoms with Gasteiger partial charge >= 0.3 is 0 Å². The number of carbonyl (C=O) groups excluding carboxylic acids is 1. The zero-order chi connectivity index (χ0) is 25.2. The summed E-state index contributed by atoms with van der Waals surface area (Å²) in [4.78, 5) is 27.6. The minimum absolute atomic E-state index is 0.00126. The van der Waals surface area contributed by atoms with Crippen LogP contribution >= 0.6 is 22.9 Å². The van der Waals surface area contributed by atoms with Crippen molar-refractivity contribution in [3.8, 4) is 16.5 Å². The number of hydrogen-bond acceptors (Lipinski definition) is 7. The van der Waals surface area contributed by atoms with Crippen LogP contribution in [0.1, 0.15) is 40.9 Å². The quantitative estimate of drug-likeness (QED) is 0.430. The molecule has 2 aliphatic rings. The van der Waals surface area contributed by atoms with Gasteiger partial charge in [-0.05, 0) is 63.0 Å². The average Bonchev–Trinajstić information content (AvgIpc) is 3.65. The van der Waals surface area contributed by atoms with Crippen molar-refractivity contribution in [2.75, 3.05) is 31.9 Å². The third-order valence-corrected chi connectivity index (χ3v) is 8.14. The molecule has 2 fully saturated rings. The second kappa shape index (κ2) is 10.7. The summed E-state index contributed by atoms with van der Waals surface area (Å²) in [5.74, 6) is -1.44. The number of likely N-dealkylation sites (tertiary alicyclic amines) is 2. The molecule has 2 saturated heterocycles. The van der Waals surface area contributed by atoms with Crippen LogP contribution < -0.4 is 10.5 Å². The Labute approximate surface area is 216 Å². The fourth-order valence-corrected chi connectivity index (χ4v) is 5.86. The summed E-state index contributed by atoms with van der Waals surface area (Å²) in [5.41, 5.74) is 6.22. The van der Waals surface area contributed by atoms with Gasteiger partial charge in [-0.25, -0.2) is 18.7 Å². The summed E-state index contributed by atoms with van der Waals surface area (Å²) in [5, 5.41) is -0.357. The van der Waals surface area contributed by atoms with E-state index >= 15 is 0 Å². The molecular weight excluding hydrogens is 508 g/mol. The highest BCUT2D eigenvalue weighted by molar-refractivity contribution is 7.17. The number of hydrogen-bond donors (Lipinski definition) is 1. The molecule has 0 unspecified atom stereocenters. The molecule has 190 valence electrons. The molecule has 0 aliphatic carbocycles. The molecule has 1 amide bonds. The van der Waals surface area contributed by atoms with Crippen molar-refractivity contribution in [2.45, 2.75) is 38.3 Å². The van der Waals surface area contributed by atoms with E-state index in [-0.39, 0.29) is 40.8 Å². The number of aromatic nitrogens is 2. The lowest BCUT2D eigenvalue weighted by molar-refractivity contribution is 0.0713. The fraction of sp³-hybridized carbons (Fsp3) is 0.400. The van der Waals surface area contributed by atoms with Crippen LogP contribution in [0.3, 0.4) is 0 Å². The topological polar surface area (TPSA) is 84.6 Å². The SMILES string of the molecule is Nc1ncc(-c2ccc(C(=O)N3CCC[C@@H]3CN3CCCC3)s2)nc1OCc1c(F)ccc(F)c1Cl. The number of anilines is 1. The van der Waals surface area contributed by atoms with Gasteiger partial charge in [-0.3, -0.25) is 4.79 Å². The maximum Gasteiger partial charge on any atom is 0.264 e. The number of carbonyl (C=O) groups is 1. The minimum Gasteiger partial charge on any atom is -0.470 e. The molecule has 0 spiro atoms. The zero-order valence-corrected chi connectivity index (χ0v) is 21.1. The highest BCUT2D eigenvalue weighted by atomic mass is 35.5. The van der Waals surface area contributed by atoms with E-state index in [1.54, 1.807) is 6.07 Å². The van der Waals surface area contributed by atoms with Gasteiger partial charge in [-0.1, -0.05) is 11.6 Å². The smallest absolute Gasteiger partial charge is 0.264 e. The predicted octanol–water partition coefficient (Wildman–Crippen LogP) is 5.00. The van der Waals surface area contributed by atoms with Gasteiger partial charge in [0.05, 0.1) is 21.0 Å². The lowest BCUT2D eigenvalue weighted by atomic mass is 10.2. The number of thiophene rings is 1. The van der Waals surface area contributed by atoms with Crippen molar-refractivity contribution < 1.29 is 18.3 Å². The molecule has 11 heteroatoms. The molecule has 7 nitrogen and oxygen atoms in total. The van der Waals surface area contributed by atoms with Crippen molar-refractivity contribution in [1.29, 1.82) is 0 Å². The molecule has 0 radical (unpaired) electrons. The molecule has 2 aliphatic heterocycles. The third-order valence-electron chi connectivity index (χ3n) is 6.63. The lowest BCUT2D eigenvalue weighted by Gasteiger charge is -2.28. The van der Waals surface area contributed by atoms with Gasteiger partial charge in [0.2, 0.25) is 0 Å². The Balaban J connectivity index is 1.30. The van der Waals surface area contributed by atoms with Crippen LogP contribution in [0.5, 0.6) is 5.88 Å². The Bertz CT molecular complexity index is 1270. The van der Waals surface area contributed by atoms with Crippen LogP contribution in [0, 0.1) is 11.6 Å². The first-order valence-corrected chi connectivity index (χ1v) is 13.1. The molecule has 4 heterocycles. The maximum atomic E-state index is 14.1. The molecule has 1 aromatic carbocycles. The second-order valence-corrected chi connectivity index (χ2v) is 10.5. The highest BCUT2D eigenvalue weighted by Crippen LogP contribution is 2.32. The van der Waals surface area contributed by atoms with Crippen LogP contribution in [0.15, 0.2) is 30.5 Å². The minimum atomic E-state index is -0.749. The molecule has 36 heavy (non-hydrogen) atoms. The molecule has 3 aromatic rings. The van der Waals surface area contributed by atoms with E-state index in [9.17, 15) is 13.6 Å². The number of halogens is 3. The van der Waals surface area contributed by atoms with Gasteiger partial charge in [-0.2, -0.15) is 0 Å². The first-order valence-electron chi connectivity index (χ1n) is 11.9. The Kier molecular flexibility index (Phi) is 7.36. The highest BCUT2D eigenvalue weighted by Gasteiger charge is 2.32. The van der Waals surface area contributed by atoms with Gasteiger partial charge in [0.25, 0.3) is 11.8 Å². The van der Waals surface area contributed by atoms with Gasteiger partial charge < -0.3 is 20.3 Å².